The van der Waals surface area contributed by atoms with Gasteiger partial charge in [-0.3, -0.25) is 4.79 Å². The Hall–Kier alpha value is -1.53. The average molecular weight is 352 g/mol. The Balaban J connectivity index is 2.22. The number of rotatable bonds is 6. The summed E-state index contributed by atoms with van der Waals surface area (Å²) < 4.78 is 10.5. The molecule has 2 N–H and O–H groups in total. The topological polar surface area (TPSA) is 61.5 Å². The van der Waals surface area contributed by atoms with Crippen molar-refractivity contribution in [3.8, 4) is 0 Å². The van der Waals surface area contributed by atoms with E-state index in [1.54, 1.807) is 24.3 Å². The molecule has 0 aromatic heterocycles. The molecule has 120 valence electrons. The van der Waals surface area contributed by atoms with Gasteiger partial charge in [-0.25, -0.2) is 0 Å². The van der Waals surface area contributed by atoms with E-state index in [0.717, 1.165) is 10.9 Å². The van der Waals surface area contributed by atoms with Crippen LogP contribution in [0, 0.1) is 0 Å². The highest BCUT2D eigenvalue weighted by atomic mass is 35.5. The van der Waals surface area contributed by atoms with Crippen LogP contribution in [0.4, 0.5) is 0 Å². The van der Waals surface area contributed by atoms with Crippen molar-refractivity contribution in [2.45, 2.75) is 6.04 Å². The minimum atomic E-state index is -0.845. The lowest BCUT2D eigenvalue weighted by Gasteiger charge is -2.18. The molecule has 2 rings (SSSR count). The quantitative estimate of drug-likeness (QED) is 0.634. The van der Waals surface area contributed by atoms with E-state index in [1.165, 1.54) is 7.11 Å². The molecule has 0 fully saturated rings. The molecule has 0 spiro atoms. The maximum absolute atomic E-state index is 11.4. The van der Waals surface area contributed by atoms with E-state index in [9.17, 15) is 4.79 Å². The molecular weight excluding hydrogens is 336 g/mol. The van der Waals surface area contributed by atoms with Gasteiger partial charge in [-0.1, -0.05) is 47.5 Å². The Morgan fingerprint density at radius 3 is 1.87 bits per heavy atom. The Kier molecular flexibility index (Phi) is 6.48. The highest BCUT2D eigenvalue weighted by Gasteiger charge is 2.24. The van der Waals surface area contributed by atoms with Crippen LogP contribution in [0.3, 0.4) is 0 Å². The maximum Gasteiger partial charge on any atom is 0.361 e. The molecule has 0 amide bonds. The second-order valence-corrected chi connectivity index (χ2v) is 5.82. The van der Waals surface area contributed by atoms with Gasteiger partial charge < -0.3 is 15.1 Å². The van der Waals surface area contributed by atoms with Gasteiger partial charge >= 0.3 is 12.9 Å². The molecule has 0 bridgehead atoms. The monoisotopic (exact) mass is 351 g/mol. The molecule has 0 saturated carbocycles. The summed E-state index contributed by atoms with van der Waals surface area (Å²) in [4.78, 5) is 11.4. The fourth-order valence-corrected chi connectivity index (χ4v) is 2.33. The summed E-state index contributed by atoms with van der Waals surface area (Å²) in [5.74, 6) is -0.518. The smallest absolute Gasteiger partial charge is 0.361 e. The van der Waals surface area contributed by atoms with Crippen LogP contribution in [0.25, 0.3) is 0 Å². The van der Waals surface area contributed by atoms with E-state index < -0.39 is 12.0 Å². The van der Waals surface area contributed by atoms with Gasteiger partial charge in [0.15, 0.2) is 0 Å². The molecule has 1 atom stereocenters. The molecule has 0 radical (unpaired) electrons. The average Bonchev–Trinajstić information content (AvgIpc) is 2.57. The van der Waals surface area contributed by atoms with Crippen molar-refractivity contribution in [1.82, 2.24) is 0 Å². The minimum Gasteiger partial charge on any atom is -0.468 e. The first kappa shape index (κ1) is 17.8. The van der Waals surface area contributed by atoms with Crippen molar-refractivity contribution in [2.75, 3.05) is 13.7 Å². The molecule has 23 heavy (non-hydrogen) atoms. The number of nitrogens with two attached hydrogens (primary N) is 1. The summed E-state index contributed by atoms with van der Waals surface area (Å²) in [6.45, 7) is -0.358. The first-order valence-electron chi connectivity index (χ1n) is 6.97. The summed E-state index contributed by atoms with van der Waals surface area (Å²) >= 11 is 11.9. The van der Waals surface area contributed by atoms with Crippen molar-refractivity contribution in [2.24, 2.45) is 5.73 Å². The normalized spacial score (nSPS) is 11.8. The minimum absolute atomic E-state index is 0.0304. The van der Waals surface area contributed by atoms with Crippen LogP contribution >= 0.6 is 23.2 Å². The molecule has 0 saturated heterocycles. The SMILES string of the molecule is COC(=O)C(N)COB(c1ccc(Cl)cc1)c1ccc(Cl)cc1. The van der Waals surface area contributed by atoms with Crippen LogP contribution in [0.5, 0.6) is 0 Å². The molecule has 2 aromatic carbocycles. The van der Waals surface area contributed by atoms with E-state index in [4.69, 9.17) is 33.6 Å². The third kappa shape index (κ3) is 4.98. The molecular formula is C16H16BCl2NO3. The first-order valence-corrected chi connectivity index (χ1v) is 7.73. The Morgan fingerprint density at radius 1 is 1.04 bits per heavy atom. The molecule has 7 heteroatoms. The van der Waals surface area contributed by atoms with Crippen molar-refractivity contribution in [3.63, 3.8) is 0 Å². The van der Waals surface area contributed by atoms with E-state index in [1.807, 2.05) is 24.3 Å². The van der Waals surface area contributed by atoms with E-state index in [0.29, 0.717) is 10.0 Å². The van der Waals surface area contributed by atoms with Crippen molar-refractivity contribution in [3.05, 3.63) is 58.6 Å². The largest absolute Gasteiger partial charge is 0.468 e. The summed E-state index contributed by atoms with van der Waals surface area (Å²) in [6.07, 6.45) is 0. The molecule has 0 heterocycles. The highest BCUT2D eigenvalue weighted by Crippen LogP contribution is 2.07. The Labute approximate surface area is 145 Å². The first-order chi connectivity index (χ1) is 11.0. The van der Waals surface area contributed by atoms with Crippen LogP contribution in [-0.2, 0) is 14.2 Å². The molecule has 0 aliphatic carbocycles. The van der Waals surface area contributed by atoms with Gasteiger partial charge in [0.05, 0.1) is 13.7 Å². The van der Waals surface area contributed by atoms with E-state index in [-0.39, 0.29) is 13.5 Å². The predicted octanol–water partition coefficient (Wildman–Crippen LogP) is 1.62. The summed E-state index contributed by atoms with van der Waals surface area (Å²) in [5.41, 5.74) is 7.53. The van der Waals surface area contributed by atoms with Gasteiger partial charge in [-0.05, 0) is 35.2 Å². The fourth-order valence-electron chi connectivity index (χ4n) is 2.08. The highest BCUT2D eigenvalue weighted by molar-refractivity contribution is 6.80. The molecule has 1 unspecified atom stereocenters. The maximum atomic E-state index is 11.4. The lowest BCUT2D eigenvalue weighted by molar-refractivity contribution is -0.142. The molecule has 0 aliphatic heterocycles. The predicted molar refractivity (Wildman–Crippen MR) is 93.9 cm³/mol. The molecule has 0 aliphatic rings. The van der Waals surface area contributed by atoms with Crippen molar-refractivity contribution >= 4 is 47.0 Å². The number of esters is 1. The van der Waals surface area contributed by atoms with Crippen LogP contribution in [0.1, 0.15) is 0 Å². The van der Waals surface area contributed by atoms with Crippen LogP contribution in [0.15, 0.2) is 48.5 Å². The number of carbonyl (C=O) groups excluding carboxylic acids is 1. The van der Waals surface area contributed by atoms with Gasteiger partial charge in [0.25, 0.3) is 0 Å². The second kappa shape index (κ2) is 8.36. The van der Waals surface area contributed by atoms with E-state index in [2.05, 4.69) is 4.74 Å². The fraction of sp³-hybridized carbons (Fsp3) is 0.188. The number of ether oxygens (including phenoxy) is 1. The number of carbonyl (C=O) groups is 1. The summed E-state index contributed by atoms with van der Waals surface area (Å²) in [5, 5.41) is 1.27. The standard InChI is InChI=1S/C16H16BCl2NO3/c1-22-16(21)15(20)10-23-17(11-2-6-13(18)7-3-11)12-4-8-14(19)9-5-12/h2-9,15H,10,20H2,1H3. The molecule has 2 aromatic rings. The number of hydrogen-bond acceptors (Lipinski definition) is 4. The van der Waals surface area contributed by atoms with Crippen molar-refractivity contribution < 1.29 is 14.2 Å². The zero-order chi connectivity index (χ0) is 16.8. The van der Waals surface area contributed by atoms with Gasteiger partial charge in [0.2, 0.25) is 0 Å². The van der Waals surface area contributed by atoms with Gasteiger partial charge in [-0.2, -0.15) is 0 Å². The summed E-state index contributed by atoms with van der Waals surface area (Å²) in [7, 11) is 1.29. The number of methoxy groups -OCH3 is 1. The Morgan fingerprint density at radius 2 is 1.48 bits per heavy atom. The van der Waals surface area contributed by atoms with Crippen molar-refractivity contribution in [1.29, 1.82) is 0 Å². The van der Waals surface area contributed by atoms with Gasteiger partial charge in [0, 0.05) is 10.0 Å². The number of halogens is 2. The Bertz CT molecular complexity index is 604. The third-order valence-electron chi connectivity index (χ3n) is 3.29. The zero-order valence-electron chi connectivity index (χ0n) is 12.5. The van der Waals surface area contributed by atoms with Gasteiger partial charge in [-0.15, -0.1) is 0 Å². The second-order valence-electron chi connectivity index (χ2n) is 4.95. The lowest BCUT2D eigenvalue weighted by atomic mass is 9.55. The number of benzene rings is 2. The summed E-state index contributed by atoms with van der Waals surface area (Å²) in [6, 6.07) is 13.7. The van der Waals surface area contributed by atoms with Crippen LogP contribution in [0.2, 0.25) is 10.0 Å². The van der Waals surface area contributed by atoms with Crippen LogP contribution in [-0.4, -0.2) is 32.6 Å². The number of hydrogen-bond donors (Lipinski definition) is 1. The van der Waals surface area contributed by atoms with Crippen LogP contribution < -0.4 is 16.7 Å². The lowest BCUT2D eigenvalue weighted by Crippen LogP contribution is -2.48. The third-order valence-corrected chi connectivity index (χ3v) is 3.80. The van der Waals surface area contributed by atoms with E-state index >= 15 is 0 Å². The zero-order valence-corrected chi connectivity index (χ0v) is 14.1. The molecule has 4 nitrogen and oxygen atoms in total. The van der Waals surface area contributed by atoms with Gasteiger partial charge in [0.1, 0.15) is 6.04 Å².